The quantitative estimate of drug-likeness (QED) is 0.750. The number of carbonyl (C=O) groups is 1. The van der Waals surface area contributed by atoms with Crippen molar-refractivity contribution in [3.8, 4) is 11.3 Å². The Bertz CT molecular complexity index is 1020. The van der Waals surface area contributed by atoms with Crippen molar-refractivity contribution < 1.29 is 14.6 Å². The van der Waals surface area contributed by atoms with Gasteiger partial charge in [-0.3, -0.25) is 14.5 Å². The Morgan fingerprint density at radius 3 is 2.84 bits per heavy atom. The highest BCUT2D eigenvalue weighted by Gasteiger charge is 2.30. The third-order valence-electron chi connectivity index (χ3n) is 6.45. The minimum absolute atomic E-state index is 0.0509. The number of aliphatic hydroxyl groups excluding tert-OH is 1. The van der Waals surface area contributed by atoms with Crippen molar-refractivity contribution in [3.63, 3.8) is 0 Å². The van der Waals surface area contributed by atoms with Crippen molar-refractivity contribution in [2.75, 3.05) is 19.8 Å². The first-order valence-electron chi connectivity index (χ1n) is 10.8. The van der Waals surface area contributed by atoms with Gasteiger partial charge in [-0.25, -0.2) is 0 Å². The van der Waals surface area contributed by atoms with Crippen molar-refractivity contribution in [1.29, 1.82) is 0 Å². The van der Waals surface area contributed by atoms with E-state index in [1.165, 1.54) is 5.69 Å². The summed E-state index contributed by atoms with van der Waals surface area (Å²) in [4.78, 5) is 17.8. The molecule has 2 aromatic rings. The summed E-state index contributed by atoms with van der Waals surface area (Å²) in [6.45, 7) is 9.93. The van der Waals surface area contributed by atoms with Crippen LogP contribution >= 0.6 is 0 Å². The Morgan fingerprint density at radius 2 is 2.16 bits per heavy atom. The number of benzene rings is 1. The van der Waals surface area contributed by atoms with Gasteiger partial charge in [0, 0.05) is 62.7 Å². The Kier molecular flexibility index (Phi) is 6.34. The molecule has 0 spiro atoms. The van der Waals surface area contributed by atoms with Gasteiger partial charge in [0.15, 0.2) is 0 Å². The van der Waals surface area contributed by atoms with E-state index in [2.05, 4.69) is 16.4 Å². The number of hydrogen-bond acceptors (Lipinski definition) is 5. The first kappa shape index (κ1) is 21.5. The number of amides is 1. The van der Waals surface area contributed by atoms with Crippen LogP contribution < -0.4 is 0 Å². The highest BCUT2D eigenvalue weighted by atomic mass is 16.5. The van der Waals surface area contributed by atoms with Crippen LogP contribution in [-0.2, 0) is 29.1 Å². The molecule has 0 atom stereocenters. The second-order valence-corrected chi connectivity index (χ2v) is 8.22. The van der Waals surface area contributed by atoms with Crippen LogP contribution in [0, 0.1) is 6.92 Å². The fourth-order valence-corrected chi connectivity index (χ4v) is 4.70. The first-order chi connectivity index (χ1) is 15.0. The van der Waals surface area contributed by atoms with E-state index in [-0.39, 0.29) is 12.5 Å². The Hall–Kier alpha value is -2.77. The van der Waals surface area contributed by atoms with Crippen LogP contribution in [0.3, 0.4) is 0 Å². The molecule has 164 valence electrons. The monoisotopic (exact) mass is 422 g/mol. The number of fused-ring (bicyclic) bond motifs is 1. The molecule has 2 aliphatic rings. The van der Waals surface area contributed by atoms with E-state index >= 15 is 0 Å². The molecular weight excluding hydrogens is 392 g/mol. The van der Waals surface area contributed by atoms with E-state index in [0.29, 0.717) is 12.6 Å². The number of aliphatic imine (C=N–C) groups is 1. The molecule has 3 heterocycles. The molecule has 1 N–H and O–H groups in total. The summed E-state index contributed by atoms with van der Waals surface area (Å²) in [5.41, 5.74) is 7.11. The first-order valence-corrected chi connectivity index (χ1v) is 10.8. The van der Waals surface area contributed by atoms with Gasteiger partial charge in [-0.15, -0.1) is 0 Å². The second kappa shape index (κ2) is 9.16. The van der Waals surface area contributed by atoms with Gasteiger partial charge in [0.05, 0.1) is 18.3 Å². The van der Waals surface area contributed by atoms with Crippen LogP contribution in [0.15, 0.2) is 23.3 Å². The molecule has 1 aromatic carbocycles. The van der Waals surface area contributed by atoms with Crippen LogP contribution in [0.4, 0.5) is 0 Å². The number of carbonyl (C=O) groups excluding carboxylic acids is 1. The number of ether oxygens (including phenoxy) is 1. The number of aliphatic hydroxyl groups is 1. The number of hydrogen-bond donors (Lipinski definition) is 1. The molecule has 2 aliphatic heterocycles. The van der Waals surface area contributed by atoms with Gasteiger partial charge >= 0.3 is 0 Å². The van der Waals surface area contributed by atoms with Gasteiger partial charge in [0.2, 0.25) is 5.91 Å². The minimum Gasteiger partial charge on any atom is -0.392 e. The lowest BCUT2D eigenvalue weighted by Gasteiger charge is -2.29. The summed E-state index contributed by atoms with van der Waals surface area (Å²) in [6, 6.07) is 4.29. The van der Waals surface area contributed by atoms with Gasteiger partial charge < -0.3 is 14.7 Å². The molecule has 1 aromatic heterocycles. The summed E-state index contributed by atoms with van der Waals surface area (Å²) in [7, 11) is 0. The standard InChI is InChI=1S/C24H30N4O3/c1-16-20(6-10-25-3)18(15-29)4-5-21(16)24-22-14-27(17(2)30)11-7-23(22)28(26-24)19-8-12-31-13-9-19/h4-6,10,19,29H,3,7-9,11-15H2,1-2H3/b10-6-. The maximum atomic E-state index is 12.1. The van der Waals surface area contributed by atoms with Crippen LogP contribution in [0.1, 0.15) is 53.8 Å². The summed E-state index contributed by atoms with van der Waals surface area (Å²) >= 11 is 0. The second-order valence-electron chi connectivity index (χ2n) is 8.22. The van der Waals surface area contributed by atoms with Crippen LogP contribution in [0.25, 0.3) is 17.3 Å². The minimum atomic E-state index is -0.0509. The Morgan fingerprint density at radius 1 is 1.39 bits per heavy atom. The predicted octanol–water partition coefficient (Wildman–Crippen LogP) is 3.28. The third kappa shape index (κ3) is 4.07. The maximum absolute atomic E-state index is 12.1. The van der Waals surface area contributed by atoms with E-state index in [0.717, 1.165) is 72.5 Å². The molecule has 0 bridgehead atoms. The molecule has 1 fully saturated rings. The van der Waals surface area contributed by atoms with Crippen molar-refractivity contribution >= 4 is 18.7 Å². The molecular formula is C24H30N4O3. The predicted molar refractivity (Wildman–Crippen MR) is 121 cm³/mol. The topological polar surface area (TPSA) is 80.0 Å². The molecule has 31 heavy (non-hydrogen) atoms. The average Bonchev–Trinajstić information content (AvgIpc) is 3.17. The lowest BCUT2D eigenvalue weighted by atomic mass is 9.92. The van der Waals surface area contributed by atoms with Gasteiger partial charge in [0.1, 0.15) is 0 Å². The molecule has 0 aliphatic carbocycles. The van der Waals surface area contributed by atoms with Crippen molar-refractivity contribution in [2.24, 2.45) is 4.99 Å². The highest BCUT2D eigenvalue weighted by Crippen LogP contribution is 2.37. The van der Waals surface area contributed by atoms with Crippen molar-refractivity contribution in [1.82, 2.24) is 14.7 Å². The fraction of sp³-hybridized carbons (Fsp3) is 0.458. The van der Waals surface area contributed by atoms with Crippen molar-refractivity contribution in [2.45, 2.75) is 52.3 Å². The summed E-state index contributed by atoms with van der Waals surface area (Å²) < 4.78 is 7.76. The van der Waals surface area contributed by atoms with E-state index in [1.807, 2.05) is 30.0 Å². The summed E-state index contributed by atoms with van der Waals surface area (Å²) in [5, 5.41) is 14.9. The normalized spacial score (nSPS) is 17.2. The molecule has 1 amide bonds. The smallest absolute Gasteiger partial charge is 0.219 e. The van der Waals surface area contributed by atoms with Gasteiger partial charge in [0.25, 0.3) is 0 Å². The average molecular weight is 423 g/mol. The zero-order valence-electron chi connectivity index (χ0n) is 18.3. The van der Waals surface area contributed by atoms with E-state index in [9.17, 15) is 9.90 Å². The van der Waals surface area contributed by atoms with Crippen LogP contribution in [0.2, 0.25) is 0 Å². The van der Waals surface area contributed by atoms with E-state index in [4.69, 9.17) is 9.84 Å². The van der Waals surface area contributed by atoms with Crippen LogP contribution in [0.5, 0.6) is 0 Å². The molecule has 0 unspecified atom stereocenters. The zero-order chi connectivity index (χ0) is 22.0. The maximum Gasteiger partial charge on any atom is 0.219 e. The summed E-state index contributed by atoms with van der Waals surface area (Å²) in [6.07, 6.45) is 6.22. The number of nitrogens with zero attached hydrogens (tertiary/aromatic N) is 4. The lowest BCUT2D eigenvalue weighted by Crippen LogP contribution is -2.35. The molecule has 1 saturated heterocycles. The van der Waals surface area contributed by atoms with Gasteiger partial charge in [-0.2, -0.15) is 5.10 Å². The fourth-order valence-electron chi connectivity index (χ4n) is 4.70. The molecule has 0 radical (unpaired) electrons. The van der Waals surface area contributed by atoms with Gasteiger partial charge in [-0.05, 0) is 49.2 Å². The van der Waals surface area contributed by atoms with Gasteiger partial charge in [-0.1, -0.05) is 12.1 Å². The highest BCUT2D eigenvalue weighted by molar-refractivity contribution is 5.77. The van der Waals surface area contributed by atoms with E-state index < -0.39 is 0 Å². The largest absolute Gasteiger partial charge is 0.392 e. The molecule has 0 saturated carbocycles. The van der Waals surface area contributed by atoms with Crippen molar-refractivity contribution in [3.05, 3.63) is 46.3 Å². The SMILES string of the molecule is C=N/C=C\c1c(CO)ccc(-c2nn(C3CCOCC3)c3c2CN(C(C)=O)CC3)c1C. The lowest BCUT2D eigenvalue weighted by molar-refractivity contribution is -0.129. The number of aromatic nitrogens is 2. The third-order valence-corrected chi connectivity index (χ3v) is 6.45. The molecule has 7 nitrogen and oxygen atoms in total. The number of rotatable bonds is 5. The van der Waals surface area contributed by atoms with Crippen LogP contribution in [-0.4, -0.2) is 52.2 Å². The zero-order valence-corrected chi connectivity index (χ0v) is 18.3. The molecule has 4 rings (SSSR count). The Labute approximate surface area is 183 Å². The Balaban J connectivity index is 1.86. The molecule has 7 heteroatoms. The summed E-state index contributed by atoms with van der Waals surface area (Å²) in [5.74, 6) is 0.0865. The van der Waals surface area contributed by atoms with E-state index in [1.54, 1.807) is 13.1 Å².